The van der Waals surface area contributed by atoms with Gasteiger partial charge in [-0.3, -0.25) is 10.2 Å². The van der Waals surface area contributed by atoms with Gasteiger partial charge in [0.25, 0.3) is 5.91 Å². The molecule has 1 aliphatic heterocycles. The fourth-order valence-corrected chi connectivity index (χ4v) is 4.43. The lowest BCUT2D eigenvalue weighted by Gasteiger charge is -2.32. The van der Waals surface area contributed by atoms with E-state index in [1.165, 1.54) is 30.7 Å². The maximum atomic E-state index is 12.6. The van der Waals surface area contributed by atoms with Gasteiger partial charge in [-0.2, -0.15) is 0 Å². The number of nitrogens with one attached hydrogen (secondary N) is 1. The van der Waals surface area contributed by atoms with E-state index in [1.807, 2.05) is 23.2 Å². The molecule has 130 valence electrons. The SMILES string of the molecule is CN1CCN(NC(=O)c2ccc3nc4c(nc3c2)C2CCC4C2)CC1. The van der Waals surface area contributed by atoms with E-state index in [4.69, 9.17) is 9.97 Å². The molecule has 1 aromatic heterocycles. The zero-order chi connectivity index (χ0) is 17.0. The first-order valence-corrected chi connectivity index (χ1v) is 9.23. The Bertz CT molecular complexity index is 843. The molecule has 1 saturated heterocycles. The third-order valence-electron chi connectivity index (χ3n) is 5.95. The van der Waals surface area contributed by atoms with Gasteiger partial charge in [0.15, 0.2) is 0 Å². The first-order chi connectivity index (χ1) is 12.2. The highest BCUT2D eigenvalue weighted by atomic mass is 16.2. The number of rotatable bonds is 2. The molecule has 0 spiro atoms. The van der Waals surface area contributed by atoms with Crippen LogP contribution in [0.4, 0.5) is 0 Å². The first kappa shape index (κ1) is 15.2. The van der Waals surface area contributed by atoms with E-state index in [2.05, 4.69) is 17.4 Å². The third kappa shape index (κ3) is 2.60. The Morgan fingerprint density at radius 2 is 1.72 bits per heavy atom. The summed E-state index contributed by atoms with van der Waals surface area (Å²) in [5.74, 6) is 1.13. The quantitative estimate of drug-likeness (QED) is 0.907. The summed E-state index contributed by atoms with van der Waals surface area (Å²) in [5, 5.41) is 2.00. The number of likely N-dealkylation sites (N-methyl/N-ethyl adjacent to an activating group) is 1. The molecule has 2 atom stereocenters. The summed E-state index contributed by atoms with van der Waals surface area (Å²) in [7, 11) is 2.10. The number of amides is 1. The lowest BCUT2D eigenvalue weighted by Crippen LogP contribution is -2.52. The van der Waals surface area contributed by atoms with Crippen LogP contribution in [0.25, 0.3) is 11.0 Å². The Hall–Kier alpha value is -2.05. The van der Waals surface area contributed by atoms with Crippen molar-refractivity contribution in [2.24, 2.45) is 0 Å². The third-order valence-corrected chi connectivity index (χ3v) is 5.95. The number of carbonyl (C=O) groups is 1. The summed E-state index contributed by atoms with van der Waals surface area (Å²) in [4.78, 5) is 24.6. The number of piperazine rings is 1. The molecule has 2 unspecified atom stereocenters. The first-order valence-electron chi connectivity index (χ1n) is 9.23. The molecule has 1 N–H and O–H groups in total. The molecule has 1 aromatic carbocycles. The van der Waals surface area contributed by atoms with Gasteiger partial charge in [-0.05, 0) is 44.5 Å². The second-order valence-corrected chi connectivity index (χ2v) is 7.64. The molecular formula is C19H23N5O. The van der Waals surface area contributed by atoms with Gasteiger partial charge in [0.05, 0.1) is 22.4 Å². The molecule has 2 bridgehead atoms. The molecular weight excluding hydrogens is 314 g/mol. The molecule has 2 aromatic rings. The summed E-state index contributed by atoms with van der Waals surface area (Å²) < 4.78 is 0. The van der Waals surface area contributed by atoms with E-state index < -0.39 is 0 Å². The van der Waals surface area contributed by atoms with Gasteiger partial charge in [-0.25, -0.2) is 15.0 Å². The van der Waals surface area contributed by atoms with Crippen molar-refractivity contribution in [1.82, 2.24) is 25.3 Å². The van der Waals surface area contributed by atoms with E-state index in [-0.39, 0.29) is 5.91 Å². The zero-order valence-electron chi connectivity index (χ0n) is 14.5. The molecule has 2 heterocycles. The fourth-order valence-electron chi connectivity index (χ4n) is 4.43. The van der Waals surface area contributed by atoms with Crippen molar-refractivity contribution >= 4 is 16.9 Å². The Morgan fingerprint density at radius 1 is 1.04 bits per heavy atom. The standard InChI is InChI=1S/C19H23N5O/c1-23-6-8-24(9-7-23)22-19(25)14-4-5-15-16(11-14)21-18-13-3-2-12(10-13)17(18)20-15/h4-5,11-13H,2-3,6-10H2,1H3,(H,22,25). The number of benzene rings is 1. The van der Waals surface area contributed by atoms with Crippen molar-refractivity contribution in [3.63, 3.8) is 0 Å². The molecule has 2 aliphatic carbocycles. The van der Waals surface area contributed by atoms with Crippen LogP contribution in [0.15, 0.2) is 18.2 Å². The van der Waals surface area contributed by atoms with Gasteiger partial charge < -0.3 is 4.90 Å². The van der Waals surface area contributed by atoms with Crippen molar-refractivity contribution in [3.8, 4) is 0 Å². The number of fused-ring (bicyclic) bond motifs is 6. The summed E-state index contributed by atoms with van der Waals surface area (Å²) in [6.45, 7) is 3.65. The topological polar surface area (TPSA) is 61.4 Å². The maximum absolute atomic E-state index is 12.6. The molecule has 2 fully saturated rings. The molecule has 5 rings (SSSR count). The van der Waals surface area contributed by atoms with E-state index >= 15 is 0 Å². The maximum Gasteiger partial charge on any atom is 0.265 e. The van der Waals surface area contributed by atoms with Gasteiger partial charge in [0, 0.05) is 43.6 Å². The van der Waals surface area contributed by atoms with Gasteiger partial charge in [0.1, 0.15) is 0 Å². The lowest BCUT2D eigenvalue weighted by molar-refractivity contribution is 0.0662. The minimum absolute atomic E-state index is 0.0599. The van der Waals surface area contributed by atoms with Crippen molar-refractivity contribution in [1.29, 1.82) is 0 Å². The highest BCUT2D eigenvalue weighted by molar-refractivity contribution is 5.97. The smallest absolute Gasteiger partial charge is 0.265 e. The predicted molar refractivity (Wildman–Crippen MR) is 95.4 cm³/mol. The van der Waals surface area contributed by atoms with Crippen LogP contribution < -0.4 is 5.43 Å². The molecule has 0 radical (unpaired) electrons. The van der Waals surface area contributed by atoms with Crippen LogP contribution >= 0.6 is 0 Å². The lowest BCUT2D eigenvalue weighted by atomic mass is 10.00. The Morgan fingerprint density at radius 3 is 2.44 bits per heavy atom. The number of hydrazine groups is 1. The monoisotopic (exact) mass is 337 g/mol. The average Bonchev–Trinajstić information content (AvgIpc) is 3.23. The number of hydrogen-bond donors (Lipinski definition) is 1. The number of carbonyl (C=O) groups excluding carboxylic acids is 1. The largest absolute Gasteiger partial charge is 0.304 e. The van der Waals surface area contributed by atoms with E-state index in [9.17, 15) is 4.79 Å². The second-order valence-electron chi connectivity index (χ2n) is 7.64. The van der Waals surface area contributed by atoms with Gasteiger partial charge in [-0.1, -0.05) is 0 Å². The Labute approximate surface area is 147 Å². The van der Waals surface area contributed by atoms with Gasteiger partial charge in [0.2, 0.25) is 0 Å². The number of aromatic nitrogens is 2. The summed E-state index contributed by atoms with van der Waals surface area (Å²) in [5.41, 5.74) is 7.81. The minimum atomic E-state index is -0.0599. The number of nitrogens with zero attached hydrogens (tertiary/aromatic N) is 4. The van der Waals surface area contributed by atoms with Crippen molar-refractivity contribution in [2.75, 3.05) is 33.2 Å². The predicted octanol–water partition coefficient (Wildman–Crippen LogP) is 1.89. The van der Waals surface area contributed by atoms with Crippen LogP contribution in [0, 0.1) is 0 Å². The van der Waals surface area contributed by atoms with Crippen LogP contribution in [-0.4, -0.2) is 59.0 Å². The molecule has 6 nitrogen and oxygen atoms in total. The van der Waals surface area contributed by atoms with Crippen LogP contribution in [0.1, 0.15) is 52.8 Å². The molecule has 1 amide bonds. The van der Waals surface area contributed by atoms with Gasteiger partial charge >= 0.3 is 0 Å². The van der Waals surface area contributed by atoms with E-state index in [1.54, 1.807) is 0 Å². The van der Waals surface area contributed by atoms with Crippen LogP contribution in [0.3, 0.4) is 0 Å². The van der Waals surface area contributed by atoms with Crippen LogP contribution in [0.5, 0.6) is 0 Å². The summed E-state index contributed by atoms with van der Waals surface area (Å²) >= 11 is 0. The van der Waals surface area contributed by atoms with Crippen LogP contribution in [-0.2, 0) is 0 Å². The summed E-state index contributed by atoms with van der Waals surface area (Å²) in [6.07, 6.45) is 3.70. The van der Waals surface area contributed by atoms with Crippen molar-refractivity contribution in [3.05, 3.63) is 35.2 Å². The van der Waals surface area contributed by atoms with Crippen LogP contribution in [0.2, 0.25) is 0 Å². The minimum Gasteiger partial charge on any atom is -0.304 e. The summed E-state index contributed by atoms with van der Waals surface area (Å²) in [6, 6.07) is 5.69. The van der Waals surface area contributed by atoms with E-state index in [0.717, 1.165) is 37.2 Å². The normalized spacial score (nSPS) is 26.1. The van der Waals surface area contributed by atoms with Gasteiger partial charge in [-0.15, -0.1) is 0 Å². The van der Waals surface area contributed by atoms with Crippen molar-refractivity contribution < 1.29 is 4.79 Å². The highest BCUT2D eigenvalue weighted by Crippen LogP contribution is 2.51. The van der Waals surface area contributed by atoms with Crippen molar-refractivity contribution in [2.45, 2.75) is 31.1 Å². The Balaban J connectivity index is 1.40. The number of hydrogen-bond acceptors (Lipinski definition) is 5. The fraction of sp³-hybridized carbons (Fsp3) is 0.526. The zero-order valence-corrected chi connectivity index (χ0v) is 14.5. The molecule has 1 saturated carbocycles. The second kappa shape index (κ2) is 5.75. The average molecular weight is 337 g/mol. The molecule has 3 aliphatic rings. The molecule has 6 heteroatoms. The Kier molecular flexibility index (Phi) is 3.50. The highest BCUT2D eigenvalue weighted by Gasteiger charge is 2.39. The molecule has 25 heavy (non-hydrogen) atoms. The van der Waals surface area contributed by atoms with E-state index in [0.29, 0.717) is 17.4 Å².